The first kappa shape index (κ1) is 11.3. The number of pyridine rings is 1. The molecular formula is C14H13NO2. The summed E-state index contributed by atoms with van der Waals surface area (Å²) in [5, 5.41) is 0. The second-order valence-corrected chi connectivity index (χ2v) is 3.69. The van der Waals surface area contributed by atoms with Gasteiger partial charge in [0.1, 0.15) is 0 Å². The van der Waals surface area contributed by atoms with Crippen LogP contribution in [-0.2, 0) is 0 Å². The lowest BCUT2D eigenvalue weighted by Gasteiger charge is -2.07. The van der Waals surface area contributed by atoms with Crippen LogP contribution in [-0.4, -0.2) is 17.9 Å². The summed E-state index contributed by atoms with van der Waals surface area (Å²) in [7, 11) is 1.59. The Labute approximate surface area is 100 Å². The molecule has 0 saturated heterocycles. The average molecular weight is 227 g/mol. The van der Waals surface area contributed by atoms with Crippen molar-refractivity contribution < 1.29 is 9.53 Å². The Morgan fingerprint density at radius 1 is 1.18 bits per heavy atom. The lowest BCUT2D eigenvalue weighted by atomic mass is 10.0. The summed E-state index contributed by atoms with van der Waals surface area (Å²) in [6.07, 6.45) is 1.69. The van der Waals surface area contributed by atoms with Crippen molar-refractivity contribution in [1.82, 2.24) is 4.98 Å². The zero-order valence-corrected chi connectivity index (χ0v) is 9.81. The van der Waals surface area contributed by atoms with E-state index < -0.39 is 0 Å². The molecule has 17 heavy (non-hydrogen) atoms. The Kier molecular flexibility index (Phi) is 3.19. The van der Waals surface area contributed by atoms with Gasteiger partial charge in [-0.25, -0.2) is 4.98 Å². The number of hydrogen-bond donors (Lipinski definition) is 0. The highest BCUT2D eigenvalue weighted by atomic mass is 16.5. The van der Waals surface area contributed by atoms with E-state index >= 15 is 0 Å². The second kappa shape index (κ2) is 4.78. The van der Waals surface area contributed by atoms with E-state index in [-0.39, 0.29) is 5.78 Å². The number of ketones is 1. The molecule has 0 unspecified atom stereocenters. The van der Waals surface area contributed by atoms with E-state index in [0.29, 0.717) is 11.4 Å². The van der Waals surface area contributed by atoms with Crippen LogP contribution in [0.2, 0.25) is 0 Å². The minimum Gasteiger partial charge on any atom is -0.481 e. The number of ether oxygens (including phenoxy) is 1. The molecule has 0 bridgehead atoms. The fourth-order valence-corrected chi connectivity index (χ4v) is 1.66. The maximum atomic E-state index is 11.2. The molecule has 0 aliphatic rings. The summed E-state index contributed by atoms with van der Waals surface area (Å²) in [5.41, 5.74) is 2.61. The Hall–Kier alpha value is -2.16. The third kappa shape index (κ3) is 2.33. The van der Waals surface area contributed by atoms with Crippen molar-refractivity contribution in [2.75, 3.05) is 7.11 Å². The number of hydrogen-bond acceptors (Lipinski definition) is 3. The SMILES string of the molecule is COc1ncccc1-c1ccc(C(C)=O)cc1. The number of carbonyl (C=O) groups excluding carboxylic acids is 1. The van der Waals surface area contributed by atoms with Crippen LogP contribution in [0.1, 0.15) is 17.3 Å². The maximum absolute atomic E-state index is 11.2. The van der Waals surface area contributed by atoms with E-state index in [2.05, 4.69) is 4.98 Å². The van der Waals surface area contributed by atoms with Crippen LogP contribution in [0.3, 0.4) is 0 Å². The van der Waals surface area contributed by atoms with Crippen molar-refractivity contribution in [2.45, 2.75) is 6.92 Å². The molecule has 0 atom stereocenters. The first-order chi connectivity index (χ1) is 8.22. The molecule has 0 fully saturated rings. The zero-order valence-electron chi connectivity index (χ0n) is 9.81. The number of aromatic nitrogens is 1. The molecule has 0 aliphatic heterocycles. The Morgan fingerprint density at radius 3 is 2.47 bits per heavy atom. The summed E-state index contributed by atoms with van der Waals surface area (Å²) in [5.74, 6) is 0.651. The van der Waals surface area contributed by atoms with Gasteiger partial charge < -0.3 is 4.74 Å². The molecule has 0 aliphatic carbocycles. The fourth-order valence-electron chi connectivity index (χ4n) is 1.66. The van der Waals surface area contributed by atoms with Gasteiger partial charge in [0.2, 0.25) is 5.88 Å². The highest BCUT2D eigenvalue weighted by molar-refractivity contribution is 5.94. The molecular weight excluding hydrogens is 214 g/mol. The molecule has 86 valence electrons. The van der Waals surface area contributed by atoms with E-state index in [0.717, 1.165) is 11.1 Å². The fraction of sp³-hybridized carbons (Fsp3) is 0.143. The molecule has 2 aromatic rings. The number of Topliss-reactive ketones (excluding diaryl/α,β-unsaturated/α-hetero) is 1. The van der Waals surface area contributed by atoms with Crippen LogP contribution in [0.4, 0.5) is 0 Å². The van der Waals surface area contributed by atoms with Gasteiger partial charge >= 0.3 is 0 Å². The van der Waals surface area contributed by atoms with Crippen LogP contribution in [0.15, 0.2) is 42.6 Å². The van der Waals surface area contributed by atoms with Crippen LogP contribution in [0, 0.1) is 0 Å². The van der Waals surface area contributed by atoms with E-state index in [1.165, 1.54) is 0 Å². The van der Waals surface area contributed by atoms with Gasteiger partial charge in [-0.15, -0.1) is 0 Å². The Morgan fingerprint density at radius 2 is 1.88 bits per heavy atom. The number of benzene rings is 1. The summed E-state index contributed by atoms with van der Waals surface area (Å²) < 4.78 is 5.20. The van der Waals surface area contributed by atoms with Gasteiger partial charge in [0, 0.05) is 17.3 Å². The molecule has 0 saturated carbocycles. The van der Waals surface area contributed by atoms with Gasteiger partial charge in [0.15, 0.2) is 5.78 Å². The molecule has 0 amide bonds. The van der Waals surface area contributed by atoms with Crippen LogP contribution in [0.25, 0.3) is 11.1 Å². The predicted molar refractivity (Wildman–Crippen MR) is 66.2 cm³/mol. The van der Waals surface area contributed by atoms with Crippen LogP contribution in [0.5, 0.6) is 5.88 Å². The summed E-state index contributed by atoms with van der Waals surface area (Å²) in [4.78, 5) is 15.3. The van der Waals surface area contributed by atoms with Crippen molar-refractivity contribution in [3.63, 3.8) is 0 Å². The average Bonchev–Trinajstić information content (AvgIpc) is 2.39. The highest BCUT2D eigenvalue weighted by Gasteiger charge is 2.06. The third-order valence-electron chi connectivity index (χ3n) is 2.57. The van der Waals surface area contributed by atoms with E-state index in [9.17, 15) is 4.79 Å². The van der Waals surface area contributed by atoms with Crippen LogP contribution >= 0.6 is 0 Å². The quantitative estimate of drug-likeness (QED) is 0.757. The minimum absolute atomic E-state index is 0.0645. The van der Waals surface area contributed by atoms with Gasteiger partial charge in [-0.05, 0) is 24.6 Å². The van der Waals surface area contributed by atoms with E-state index in [1.54, 1.807) is 20.2 Å². The molecule has 2 rings (SSSR count). The van der Waals surface area contributed by atoms with Gasteiger partial charge in [0.25, 0.3) is 0 Å². The lowest BCUT2D eigenvalue weighted by Crippen LogP contribution is -1.93. The molecule has 0 spiro atoms. The molecule has 1 aromatic heterocycles. The summed E-state index contributed by atoms with van der Waals surface area (Å²) in [6.45, 7) is 1.56. The molecule has 3 nitrogen and oxygen atoms in total. The van der Waals surface area contributed by atoms with Crippen molar-refractivity contribution in [1.29, 1.82) is 0 Å². The summed E-state index contributed by atoms with van der Waals surface area (Å²) >= 11 is 0. The molecule has 0 N–H and O–H groups in total. The first-order valence-corrected chi connectivity index (χ1v) is 5.33. The lowest BCUT2D eigenvalue weighted by molar-refractivity contribution is 0.101. The topological polar surface area (TPSA) is 39.2 Å². The van der Waals surface area contributed by atoms with Crippen molar-refractivity contribution in [3.05, 3.63) is 48.2 Å². The summed E-state index contributed by atoms with van der Waals surface area (Å²) in [6, 6.07) is 11.2. The Balaban J connectivity index is 2.43. The molecule has 0 radical (unpaired) electrons. The first-order valence-electron chi connectivity index (χ1n) is 5.33. The number of rotatable bonds is 3. The third-order valence-corrected chi connectivity index (χ3v) is 2.57. The smallest absolute Gasteiger partial charge is 0.221 e. The number of carbonyl (C=O) groups is 1. The molecule has 3 heteroatoms. The maximum Gasteiger partial charge on any atom is 0.221 e. The van der Waals surface area contributed by atoms with Gasteiger partial charge in [-0.3, -0.25) is 4.79 Å². The number of methoxy groups -OCH3 is 1. The van der Waals surface area contributed by atoms with Gasteiger partial charge in [-0.2, -0.15) is 0 Å². The largest absolute Gasteiger partial charge is 0.481 e. The van der Waals surface area contributed by atoms with Crippen molar-refractivity contribution in [3.8, 4) is 17.0 Å². The number of nitrogens with zero attached hydrogens (tertiary/aromatic N) is 1. The van der Waals surface area contributed by atoms with E-state index in [1.807, 2.05) is 36.4 Å². The normalized spacial score (nSPS) is 10.0. The van der Waals surface area contributed by atoms with Crippen LogP contribution < -0.4 is 4.74 Å². The highest BCUT2D eigenvalue weighted by Crippen LogP contribution is 2.27. The zero-order chi connectivity index (χ0) is 12.3. The van der Waals surface area contributed by atoms with Crippen molar-refractivity contribution >= 4 is 5.78 Å². The predicted octanol–water partition coefficient (Wildman–Crippen LogP) is 2.96. The Bertz CT molecular complexity index is 532. The standard InChI is InChI=1S/C14H13NO2/c1-10(16)11-5-7-12(8-6-11)13-4-3-9-15-14(13)17-2/h3-9H,1-2H3. The second-order valence-electron chi connectivity index (χ2n) is 3.69. The monoisotopic (exact) mass is 227 g/mol. The molecule has 1 heterocycles. The van der Waals surface area contributed by atoms with E-state index in [4.69, 9.17) is 4.74 Å². The molecule has 1 aromatic carbocycles. The minimum atomic E-state index is 0.0645. The van der Waals surface area contributed by atoms with Gasteiger partial charge in [0.05, 0.1) is 7.11 Å². The van der Waals surface area contributed by atoms with Crippen molar-refractivity contribution in [2.24, 2.45) is 0 Å². The van der Waals surface area contributed by atoms with Gasteiger partial charge in [-0.1, -0.05) is 24.3 Å².